The third-order valence-electron chi connectivity index (χ3n) is 4.40. The first-order chi connectivity index (χ1) is 11.4. The number of likely N-dealkylation sites (N-methyl/N-ethyl adjacent to an activating group) is 1. The minimum Gasteiger partial charge on any atom is -0.496 e. The molecular weight excluding hydrogens is 300 g/mol. The molecule has 128 valence electrons. The molecule has 2 aromatic rings. The van der Waals surface area contributed by atoms with Gasteiger partial charge in [-0.25, -0.2) is 4.79 Å². The van der Waals surface area contributed by atoms with Crippen LogP contribution in [0.4, 0.5) is 10.5 Å². The molecule has 0 aliphatic rings. The van der Waals surface area contributed by atoms with Gasteiger partial charge in [-0.15, -0.1) is 0 Å². The van der Waals surface area contributed by atoms with Gasteiger partial charge in [0.2, 0.25) is 0 Å². The predicted octanol–water partition coefficient (Wildman–Crippen LogP) is 4.41. The normalized spacial score (nSPS) is 11.7. The SMILES string of the molecule is COc1ccccc1C[C@H](C)N(C)C(=O)Nc1c(C)cccc1C. The molecular formula is C20H26N2O2. The molecule has 1 N–H and O–H groups in total. The van der Waals surface area contributed by atoms with Crippen molar-refractivity contribution in [3.63, 3.8) is 0 Å². The van der Waals surface area contributed by atoms with E-state index in [2.05, 4.69) is 5.32 Å². The summed E-state index contributed by atoms with van der Waals surface area (Å²) in [6.45, 7) is 6.04. The Balaban J connectivity index is 2.07. The van der Waals surface area contributed by atoms with Crippen molar-refractivity contribution in [1.82, 2.24) is 4.90 Å². The fraction of sp³-hybridized carbons (Fsp3) is 0.350. The van der Waals surface area contributed by atoms with Gasteiger partial charge < -0.3 is 15.0 Å². The second-order valence-corrected chi connectivity index (χ2v) is 6.17. The van der Waals surface area contributed by atoms with Crippen molar-refractivity contribution in [3.8, 4) is 5.75 Å². The highest BCUT2D eigenvalue weighted by molar-refractivity contribution is 5.91. The van der Waals surface area contributed by atoms with Crippen LogP contribution in [0.1, 0.15) is 23.6 Å². The Morgan fingerprint density at radius 3 is 2.38 bits per heavy atom. The van der Waals surface area contributed by atoms with Crippen LogP contribution in [0.25, 0.3) is 0 Å². The van der Waals surface area contributed by atoms with E-state index in [0.717, 1.165) is 34.5 Å². The van der Waals surface area contributed by atoms with Crippen molar-refractivity contribution in [2.75, 3.05) is 19.5 Å². The molecule has 0 unspecified atom stereocenters. The van der Waals surface area contributed by atoms with E-state index in [4.69, 9.17) is 4.74 Å². The van der Waals surface area contributed by atoms with Gasteiger partial charge in [0.15, 0.2) is 0 Å². The monoisotopic (exact) mass is 326 g/mol. The number of ether oxygens (including phenoxy) is 1. The maximum absolute atomic E-state index is 12.6. The standard InChI is InChI=1S/C20H26N2O2/c1-14-9-8-10-15(2)19(14)21-20(23)22(4)16(3)13-17-11-6-7-12-18(17)24-5/h6-12,16H,13H2,1-5H3,(H,21,23)/t16-/m0/s1. The molecule has 0 spiro atoms. The maximum Gasteiger partial charge on any atom is 0.321 e. The number of anilines is 1. The molecule has 0 radical (unpaired) electrons. The molecule has 2 amide bonds. The number of amides is 2. The van der Waals surface area contributed by atoms with E-state index in [1.807, 2.05) is 70.3 Å². The summed E-state index contributed by atoms with van der Waals surface area (Å²) >= 11 is 0. The zero-order chi connectivity index (χ0) is 17.7. The summed E-state index contributed by atoms with van der Waals surface area (Å²) in [7, 11) is 3.49. The Bertz CT molecular complexity index is 692. The zero-order valence-corrected chi connectivity index (χ0v) is 15.1. The summed E-state index contributed by atoms with van der Waals surface area (Å²) in [4.78, 5) is 14.3. The van der Waals surface area contributed by atoms with Crippen LogP contribution in [0, 0.1) is 13.8 Å². The van der Waals surface area contributed by atoms with Crippen molar-refractivity contribution < 1.29 is 9.53 Å². The fourth-order valence-corrected chi connectivity index (χ4v) is 2.73. The summed E-state index contributed by atoms with van der Waals surface area (Å²) in [6.07, 6.45) is 0.737. The first-order valence-corrected chi connectivity index (χ1v) is 8.16. The molecule has 2 rings (SSSR count). The first kappa shape index (κ1) is 17.9. The van der Waals surface area contributed by atoms with Gasteiger partial charge in [0, 0.05) is 18.8 Å². The van der Waals surface area contributed by atoms with Crippen LogP contribution in [-0.2, 0) is 6.42 Å². The topological polar surface area (TPSA) is 41.6 Å². The number of hydrogen-bond acceptors (Lipinski definition) is 2. The zero-order valence-electron chi connectivity index (χ0n) is 15.1. The van der Waals surface area contributed by atoms with Crippen LogP contribution in [0.5, 0.6) is 5.75 Å². The Morgan fingerprint density at radius 1 is 1.12 bits per heavy atom. The van der Waals surface area contributed by atoms with E-state index < -0.39 is 0 Å². The van der Waals surface area contributed by atoms with Crippen LogP contribution in [0.2, 0.25) is 0 Å². The van der Waals surface area contributed by atoms with E-state index in [9.17, 15) is 4.79 Å². The summed E-state index contributed by atoms with van der Waals surface area (Å²) in [5, 5.41) is 3.03. The van der Waals surface area contributed by atoms with E-state index in [1.165, 1.54) is 0 Å². The van der Waals surface area contributed by atoms with Gasteiger partial charge in [-0.3, -0.25) is 0 Å². The largest absolute Gasteiger partial charge is 0.496 e. The number of hydrogen-bond donors (Lipinski definition) is 1. The lowest BCUT2D eigenvalue weighted by Gasteiger charge is -2.26. The Morgan fingerprint density at radius 2 is 1.75 bits per heavy atom. The number of para-hydroxylation sites is 2. The minimum absolute atomic E-state index is 0.0469. The molecule has 0 heterocycles. The second-order valence-electron chi connectivity index (χ2n) is 6.17. The minimum atomic E-state index is -0.102. The van der Waals surface area contributed by atoms with Crippen molar-refractivity contribution in [2.24, 2.45) is 0 Å². The van der Waals surface area contributed by atoms with Crippen LogP contribution in [0.3, 0.4) is 0 Å². The summed E-state index contributed by atoms with van der Waals surface area (Å²) in [5.41, 5.74) is 4.11. The number of methoxy groups -OCH3 is 1. The quantitative estimate of drug-likeness (QED) is 0.884. The predicted molar refractivity (Wildman–Crippen MR) is 98.9 cm³/mol. The van der Waals surface area contributed by atoms with Crippen LogP contribution >= 0.6 is 0 Å². The summed E-state index contributed by atoms with van der Waals surface area (Å²) in [5.74, 6) is 0.855. The highest BCUT2D eigenvalue weighted by atomic mass is 16.5. The number of nitrogens with one attached hydrogen (secondary N) is 1. The van der Waals surface area contributed by atoms with E-state index in [0.29, 0.717) is 0 Å². The van der Waals surface area contributed by atoms with Crippen LogP contribution < -0.4 is 10.1 Å². The number of aryl methyl sites for hydroxylation is 2. The van der Waals surface area contributed by atoms with Gasteiger partial charge in [-0.1, -0.05) is 36.4 Å². The Kier molecular flexibility index (Phi) is 5.85. The molecule has 0 aliphatic carbocycles. The highest BCUT2D eigenvalue weighted by Crippen LogP contribution is 2.22. The van der Waals surface area contributed by atoms with Crippen molar-refractivity contribution in [2.45, 2.75) is 33.2 Å². The number of nitrogens with zero attached hydrogens (tertiary/aromatic N) is 1. The second kappa shape index (κ2) is 7.86. The van der Waals surface area contributed by atoms with Crippen molar-refractivity contribution >= 4 is 11.7 Å². The molecule has 24 heavy (non-hydrogen) atoms. The van der Waals surface area contributed by atoms with E-state index in [-0.39, 0.29) is 12.1 Å². The molecule has 2 aromatic carbocycles. The number of urea groups is 1. The van der Waals surface area contributed by atoms with Crippen LogP contribution in [-0.4, -0.2) is 31.1 Å². The first-order valence-electron chi connectivity index (χ1n) is 8.16. The number of benzene rings is 2. The average Bonchev–Trinajstić information content (AvgIpc) is 2.57. The molecule has 0 fully saturated rings. The summed E-state index contributed by atoms with van der Waals surface area (Å²) in [6, 6.07) is 13.9. The number of carbonyl (C=O) groups excluding carboxylic acids is 1. The molecule has 4 nitrogen and oxygen atoms in total. The van der Waals surface area contributed by atoms with Crippen molar-refractivity contribution in [1.29, 1.82) is 0 Å². The van der Waals surface area contributed by atoms with Gasteiger partial charge in [0.25, 0.3) is 0 Å². The molecule has 0 bridgehead atoms. The summed E-state index contributed by atoms with van der Waals surface area (Å²) < 4.78 is 5.39. The van der Waals surface area contributed by atoms with Gasteiger partial charge in [0.05, 0.1) is 7.11 Å². The van der Waals surface area contributed by atoms with Gasteiger partial charge in [-0.05, 0) is 49.9 Å². The Labute approximate surface area is 144 Å². The maximum atomic E-state index is 12.6. The molecule has 4 heteroatoms. The van der Waals surface area contributed by atoms with Crippen molar-refractivity contribution in [3.05, 3.63) is 59.2 Å². The molecule has 0 aromatic heterocycles. The lowest BCUT2D eigenvalue weighted by atomic mass is 10.1. The lowest BCUT2D eigenvalue weighted by Crippen LogP contribution is -2.39. The third-order valence-corrected chi connectivity index (χ3v) is 4.40. The van der Waals surface area contributed by atoms with Gasteiger partial charge in [0.1, 0.15) is 5.75 Å². The van der Waals surface area contributed by atoms with Gasteiger partial charge in [-0.2, -0.15) is 0 Å². The fourth-order valence-electron chi connectivity index (χ4n) is 2.73. The highest BCUT2D eigenvalue weighted by Gasteiger charge is 2.18. The van der Waals surface area contributed by atoms with E-state index >= 15 is 0 Å². The van der Waals surface area contributed by atoms with Crippen LogP contribution in [0.15, 0.2) is 42.5 Å². The van der Waals surface area contributed by atoms with E-state index in [1.54, 1.807) is 12.0 Å². The van der Waals surface area contributed by atoms with Gasteiger partial charge >= 0.3 is 6.03 Å². The number of rotatable bonds is 5. The average molecular weight is 326 g/mol. The molecule has 1 atom stereocenters. The molecule has 0 saturated heterocycles. The number of carbonyl (C=O) groups is 1. The smallest absolute Gasteiger partial charge is 0.321 e. The third kappa shape index (κ3) is 4.07. The molecule has 0 saturated carbocycles. The molecule has 0 aliphatic heterocycles. The Hall–Kier alpha value is -2.49. The lowest BCUT2D eigenvalue weighted by molar-refractivity contribution is 0.207.